The van der Waals surface area contributed by atoms with Crippen molar-refractivity contribution in [3.63, 3.8) is 0 Å². The number of hydrogen-bond donors (Lipinski definition) is 0. The van der Waals surface area contributed by atoms with E-state index in [1.54, 1.807) is 24.9 Å². The molecule has 2 fully saturated rings. The van der Waals surface area contributed by atoms with E-state index in [9.17, 15) is 4.79 Å². The first kappa shape index (κ1) is 17.0. The maximum Gasteiger partial charge on any atom is 0.222 e. The first-order valence-corrected chi connectivity index (χ1v) is 9.44. The van der Waals surface area contributed by atoms with Crippen LogP contribution in [0.1, 0.15) is 25.7 Å². The molecule has 7 nitrogen and oxygen atoms in total. The number of carbonyl (C=O) groups is 1. The van der Waals surface area contributed by atoms with Crippen LogP contribution in [0.15, 0.2) is 37.3 Å². The molecule has 0 bridgehead atoms. The van der Waals surface area contributed by atoms with Crippen molar-refractivity contribution in [1.82, 2.24) is 24.4 Å². The molecule has 1 saturated heterocycles. The summed E-state index contributed by atoms with van der Waals surface area (Å²) in [7, 11) is 2.10. The number of imidazole rings is 1. The van der Waals surface area contributed by atoms with Crippen LogP contribution in [0.5, 0.6) is 0 Å². The zero-order valence-electron chi connectivity index (χ0n) is 15.2. The fraction of sp³-hybridized carbons (Fsp3) is 0.579. The van der Waals surface area contributed by atoms with Gasteiger partial charge < -0.3 is 14.4 Å². The molecule has 0 aromatic carbocycles. The Morgan fingerprint density at radius 3 is 2.92 bits per heavy atom. The molecule has 2 aliphatic rings. The van der Waals surface area contributed by atoms with Crippen molar-refractivity contribution in [3.05, 3.63) is 37.3 Å². The van der Waals surface area contributed by atoms with Crippen LogP contribution >= 0.6 is 0 Å². The van der Waals surface area contributed by atoms with Gasteiger partial charge in [0.05, 0.1) is 12.5 Å². The molecule has 1 saturated carbocycles. The minimum Gasteiger partial charge on any atom is -0.355 e. The minimum atomic E-state index is 0.292. The molecular formula is C19H26N6O. The number of amides is 1. The van der Waals surface area contributed by atoms with Crippen molar-refractivity contribution in [2.24, 2.45) is 11.8 Å². The van der Waals surface area contributed by atoms with Crippen LogP contribution < -0.4 is 4.90 Å². The SMILES string of the molecule is CN(c1cnccn1)[C@@H]1CC[C@@H]2CN(C(=O)CCCn3ccnc3)C[C@@H]21. The molecule has 3 atom stereocenters. The molecule has 0 spiro atoms. The Balaban J connectivity index is 1.31. The molecule has 1 aliphatic heterocycles. The fourth-order valence-electron chi connectivity index (χ4n) is 4.55. The number of aromatic nitrogens is 4. The number of hydrogen-bond acceptors (Lipinski definition) is 5. The molecule has 0 radical (unpaired) electrons. The van der Waals surface area contributed by atoms with E-state index in [1.807, 2.05) is 17.0 Å². The molecule has 138 valence electrons. The summed E-state index contributed by atoms with van der Waals surface area (Å²) in [4.78, 5) is 29.6. The molecule has 4 rings (SSSR count). The lowest BCUT2D eigenvalue weighted by molar-refractivity contribution is -0.130. The molecule has 0 N–H and O–H groups in total. The quantitative estimate of drug-likeness (QED) is 0.792. The Morgan fingerprint density at radius 2 is 2.15 bits per heavy atom. The highest BCUT2D eigenvalue weighted by molar-refractivity contribution is 5.76. The van der Waals surface area contributed by atoms with Gasteiger partial charge in [-0.3, -0.25) is 9.78 Å². The highest BCUT2D eigenvalue weighted by atomic mass is 16.2. The van der Waals surface area contributed by atoms with Crippen LogP contribution in [-0.2, 0) is 11.3 Å². The van der Waals surface area contributed by atoms with Crippen molar-refractivity contribution in [1.29, 1.82) is 0 Å². The summed E-state index contributed by atoms with van der Waals surface area (Å²) in [5.74, 6) is 2.38. The van der Waals surface area contributed by atoms with Crippen LogP contribution in [-0.4, -0.2) is 56.5 Å². The number of anilines is 1. The Morgan fingerprint density at radius 1 is 1.23 bits per heavy atom. The number of aryl methyl sites for hydroxylation is 1. The van der Waals surface area contributed by atoms with Gasteiger partial charge in [-0.15, -0.1) is 0 Å². The third-order valence-electron chi connectivity index (χ3n) is 5.95. The predicted octanol–water partition coefficient (Wildman–Crippen LogP) is 1.83. The van der Waals surface area contributed by atoms with E-state index < -0.39 is 0 Å². The summed E-state index contributed by atoms with van der Waals surface area (Å²) < 4.78 is 2.03. The average Bonchev–Trinajstić information content (AvgIpc) is 3.39. The molecule has 1 amide bonds. The van der Waals surface area contributed by atoms with Gasteiger partial charge >= 0.3 is 0 Å². The van der Waals surface area contributed by atoms with E-state index in [2.05, 4.69) is 31.8 Å². The first-order valence-electron chi connectivity index (χ1n) is 9.44. The van der Waals surface area contributed by atoms with E-state index >= 15 is 0 Å². The number of carbonyl (C=O) groups excluding carboxylic acids is 1. The van der Waals surface area contributed by atoms with Gasteiger partial charge in [-0.05, 0) is 25.2 Å². The van der Waals surface area contributed by atoms with Crippen molar-refractivity contribution >= 4 is 11.7 Å². The van der Waals surface area contributed by atoms with Gasteiger partial charge in [0.1, 0.15) is 5.82 Å². The van der Waals surface area contributed by atoms with Crippen molar-refractivity contribution in [3.8, 4) is 0 Å². The lowest BCUT2D eigenvalue weighted by atomic mass is 9.97. The Bertz CT molecular complexity index is 719. The van der Waals surface area contributed by atoms with E-state index in [-0.39, 0.29) is 0 Å². The van der Waals surface area contributed by atoms with Gasteiger partial charge in [0.25, 0.3) is 0 Å². The predicted molar refractivity (Wildman–Crippen MR) is 98.5 cm³/mol. The zero-order chi connectivity index (χ0) is 17.9. The molecule has 2 aromatic rings. The second-order valence-corrected chi connectivity index (χ2v) is 7.45. The van der Waals surface area contributed by atoms with Crippen LogP contribution in [0.2, 0.25) is 0 Å². The smallest absolute Gasteiger partial charge is 0.222 e. The third kappa shape index (κ3) is 3.43. The standard InChI is InChI=1S/C19H26N6O/c1-23(18-11-20-6-7-22-18)17-5-4-15-12-25(13-16(15)17)19(26)3-2-9-24-10-8-21-14-24/h6-8,10-11,14-17H,2-5,9,12-13H2,1H3/t15-,16+,17-/m1/s1. The van der Waals surface area contributed by atoms with Crippen LogP contribution in [0.25, 0.3) is 0 Å². The zero-order valence-corrected chi connectivity index (χ0v) is 15.2. The number of rotatable bonds is 6. The molecule has 26 heavy (non-hydrogen) atoms. The Labute approximate surface area is 154 Å². The largest absolute Gasteiger partial charge is 0.355 e. The van der Waals surface area contributed by atoms with Gasteiger partial charge in [-0.1, -0.05) is 0 Å². The first-order chi connectivity index (χ1) is 12.7. The van der Waals surface area contributed by atoms with E-state index in [1.165, 1.54) is 12.8 Å². The van der Waals surface area contributed by atoms with Crippen LogP contribution in [0, 0.1) is 11.8 Å². The lowest BCUT2D eigenvalue weighted by Gasteiger charge is -2.30. The average molecular weight is 354 g/mol. The van der Waals surface area contributed by atoms with Crippen molar-refractivity contribution in [2.75, 3.05) is 25.0 Å². The van der Waals surface area contributed by atoms with Crippen LogP contribution in [0.3, 0.4) is 0 Å². The summed E-state index contributed by atoms with van der Waals surface area (Å²) in [6, 6.07) is 0.445. The summed E-state index contributed by atoms with van der Waals surface area (Å²) in [5.41, 5.74) is 0. The summed E-state index contributed by atoms with van der Waals surface area (Å²) >= 11 is 0. The van der Waals surface area contributed by atoms with Crippen molar-refractivity contribution in [2.45, 2.75) is 38.3 Å². The van der Waals surface area contributed by atoms with Gasteiger partial charge in [-0.2, -0.15) is 0 Å². The molecular weight excluding hydrogens is 328 g/mol. The van der Waals surface area contributed by atoms with Crippen LogP contribution in [0.4, 0.5) is 5.82 Å². The number of nitrogens with zero attached hydrogens (tertiary/aromatic N) is 6. The number of fused-ring (bicyclic) bond motifs is 1. The molecule has 3 heterocycles. The summed E-state index contributed by atoms with van der Waals surface area (Å²) in [5, 5.41) is 0. The third-order valence-corrected chi connectivity index (χ3v) is 5.95. The Kier molecular flexibility index (Phi) is 4.86. The maximum absolute atomic E-state index is 12.6. The highest BCUT2D eigenvalue weighted by Gasteiger charge is 2.45. The van der Waals surface area contributed by atoms with E-state index in [4.69, 9.17) is 0 Å². The normalized spacial score (nSPS) is 24.7. The highest BCUT2D eigenvalue weighted by Crippen LogP contribution is 2.41. The van der Waals surface area contributed by atoms with Crippen molar-refractivity contribution < 1.29 is 4.79 Å². The Hall–Kier alpha value is -2.44. The number of likely N-dealkylation sites (tertiary alicyclic amines) is 1. The maximum atomic E-state index is 12.6. The van der Waals surface area contributed by atoms with Gasteiger partial charge in [0, 0.05) is 69.8 Å². The summed E-state index contributed by atoms with van der Waals surface area (Å²) in [6.45, 7) is 2.65. The van der Waals surface area contributed by atoms with Gasteiger partial charge in [-0.25, -0.2) is 9.97 Å². The minimum absolute atomic E-state index is 0.292. The van der Waals surface area contributed by atoms with Gasteiger partial charge in [0.15, 0.2) is 0 Å². The summed E-state index contributed by atoms with van der Waals surface area (Å²) in [6.07, 6.45) is 14.6. The molecule has 0 unspecified atom stereocenters. The fourth-order valence-corrected chi connectivity index (χ4v) is 4.55. The topological polar surface area (TPSA) is 67.2 Å². The molecule has 1 aliphatic carbocycles. The van der Waals surface area contributed by atoms with E-state index in [0.29, 0.717) is 30.2 Å². The monoisotopic (exact) mass is 354 g/mol. The van der Waals surface area contributed by atoms with Gasteiger partial charge in [0.2, 0.25) is 5.91 Å². The second-order valence-electron chi connectivity index (χ2n) is 7.45. The lowest BCUT2D eigenvalue weighted by Crippen LogP contribution is -2.39. The van der Waals surface area contributed by atoms with E-state index in [0.717, 1.165) is 31.9 Å². The molecule has 7 heteroatoms. The molecule has 2 aromatic heterocycles. The second kappa shape index (κ2) is 7.43.